The predicted octanol–water partition coefficient (Wildman–Crippen LogP) is 22.6. The molecule has 6 nitrogen and oxygen atoms in total. The van der Waals surface area contributed by atoms with Crippen LogP contribution in [0.4, 0.5) is 0 Å². The van der Waals surface area contributed by atoms with Crippen LogP contribution >= 0.6 is 0 Å². The minimum atomic E-state index is -0.783. The Bertz CT molecular complexity index is 1570. The van der Waals surface area contributed by atoms with Crippen LogP contribution in [-0.4, -0.2) is 37.2 Å². The van der Waals surface area contributed by atoms with Gasteiger partial charge in [0.2, 0.25) is 0 Å². The molecule has 78 heavy (non-hydrogen) atoms. The van der Waals surface area contributed by atoms with E-state index >= 15 is 0 Å². The summed E-state index contributed by atoms with van der Waals surface area (Å²) in [7, 11) is 0. The van der Waals surface area contributed by atoms with Crippen LogP contribution < -0.4 is 0 Å². The highest BCUT2D eigenvalue weighted by Crippen LogP contribution is 2.16. The first-order valence-electron chi connectivity index (χ1n) is 32.9. The zero-order chi connectivity index (χ0) is 56.4. The van der Waals surface area contributed by atoms with E-state index in [-0.39, 0.29) is 31.1 Å². The highest BCUT2D eigenvalue weighted by molar-refractivity contribution is 5.71. The molecule has 0 N–H and O–H groups in total. The van der Waals surface area contributed by atoms with E-state index in [2.05, 4.69) is 130 Å². The Kier molecular flexibility index (Phi) is 62.3. The van der Waals surface area contributed by atoms with Crippen molar-refractivity contribution in [2.24, 2.45) is 0 Å². The van der Waals surface area contributed by atoms with Gasteiger partial charge in [-0.1, -0.05) is 291 Å². The second-order valence-corrected chi connectivity index (χ2v) is 21.6. The third kappa shape index (κ3) is 62.9. The van der Waals surface area contributed by atoms with Crippen LogP contribution in [0.3, 0.4) is 0 Å². The van der Waals surface area contributed by atoms with Gasteiger partial charge in [-0.3, -0.25) is 14.4 Å². The van der Waals surface area contributed by atoms with Crippen LogP contribution in [0, 0.1) is 0 Å². The van der Waals surface area contributed by atoms with Gasteiger partial charge in [-0.25, -0.2) is 0 Å². The standard InChI is InChI=1S/C72H122O6/c1-4-7-10-13-16-19-22-24-26-27-28-29-30-31-32-33-34-35-36-37-38-39-40-41-42-43-44-45-47-48-50-53-56-59-62-65-71(74)77-68-69(67-76-70(73)64-61-58-55-52-21-18-15-12-9-6-3)78-72(75)66-63-60-57-54-51-49-46-25-23-20-17-14-11-8-5-2/h7,10,16-17,19-20,24-26,28-29,31-32,34-35,37-38,46,69H,4-6,8-9,11-15,18,21-23,27,30,33,36,39-45,47-68H2,1-3H3/b10-7-,19-16-,20-17-,26-24-,29-28-,32-31-,35-34-,38-37-,46-25-. The van der Waals surface area contributed by atoms with Crippen molar-refractivity contribution in [2.75, 3.05) is 13.2 Å². The van der Waals surface area contributed by atoms with E-state index in [9.17, 15) is 14.4 Å². The lowest BCUT2D eigenvalue weighted by atomic mass is 10.0. The topological polar surface area (TPSA) is 78.9 Å². The van der Waals surface area contributed by atoms with E-state index in [0.29, 0.717) is 19.3 Å². The predicted molar refractivity (Wildman–Crippen MR) is 339 cm³/mol. The molecule has 446 valence electrons. The molecule has 0 aliphatic heterocycles. The van der Waals surface area contributed by atoms with Gasteiger partial charge in [0.25, 0.3) is 0 Å². The van der Waals surface area contributed by atoms with Gasteiger partial charge < -0.3 is 14.2 Å². The third-order valence-electron chi connectivity index (χ3n) is 14.0. The monoisotopic (exact) mass is 1080 g/mol. The second-order valence-electron chi connectivity index (χ2n) is 21.6. The van der Waals surface area contributed by atoms with Gasteiger partial charge in [-0.05, 0) is 109 Å². The molecule has 1 atom stereocenters. The largest absolute Gasteiger partial charge is 0.462 e. The highest BCUT2D eigenvalue weighted by Gasteiger charge is 2.19. The molecule has 6 heteroatoms. The number of hydrogen-bond acceptors (Lipinski definition) is 6. The van der Waals surface area contributed by atoms with Crippen molar-refractivity contribution in [3.63, 3.8) is 0 Å². The van der Waals surface area contributed by atoms with Gasteiger partial charge in [0, 0.05) is 19.3 Å². The van der Waals surface area contributed by atoms with Gasteiger partial charge in [-0.2, -0.15) is 0 Å². The SMILES string of the molecule is CC/C=C\C/C=C\C/C=C\C/C=C\C/C=C\C/C=C\C/C=C\CCCCCCCCCCCCCCCC(=O)OCC(COC(=O)CCCCCCCCCCCC)OC(=O)CCCCCCC/C=C\C/C=C\CCCCC. The molecule has 0 spiro atoms. The number of ether oxygens (including phenoxy) is 3. The maximum absolute atomic E-state index is 12.9. The summed E-state index contributed by atoms with van der Waals surface area (Å²) in [6.45, 7) is 6.49. The molecule has 0 heterocycles. The molecular weight excluding hydrogens is 961 g/mol. The van der Waals surface area contributed by atoms with Crippen LogP contribution in [0.1, 0.15) is 310 Å². The lowest BCUT2D eigenvalue weighted by Crippen LogP contribution is -2.30. The Morgan fingerprint density at radius 1 is 0.269 bits per heavy atom. The van der Waals surface area contributed by atoms with Gasteiger partial charge in [0.05, 0.1) is 0 Å². The van der Waals surface area contributed by atoms with E-state index in [4.69, 9.17) is 14.2 Å². The van der Waals surface area contributed by atoms with Crippen molar-refractivity contribution in [1.29, 1.82) is 0 Å². The Morgan fingerprint density at radius 2 is 0.500 bits per heavy atom. The molecule has 1 unspecified atom stereocenters. The van der Waals surface area contributed by atoms with E-state index < -0.39 is 6.10 Å². The van der Waals surface area contributed by atoms with Gasteiger partial charge >= 0.3 is 17.9 Å². The molecule has 0 saturated carbocycles. The van der Waals surface area contributed by atoms with E-state index in [1.54, 1.807) is 0 Å². The van der Waals surface area contributed by atoms with Crippen molar-refractivity contribution in [2.45, 2.75) is 316 Å². The number of allylic oxidation sites excluding steroid dienone is 18. The zero-order valence-electron chi connectivity index (χ0n) is 51.2. The number of unbranched alkanes of at least 4 members (excludes halogenated alkanes) is 30. The van der Waals surface area contributed by atoms with E-state index in [1.807, 2.05) is 0 Å². The normalized spacial score (nSPS) is 12.8. The molecule has 0 rings (SSSR count). The molecular formula is C72H122O6. The summed E-state index contributed by atoms with van der Waals surface area (Å²) in [5, 5.41) is 0. The second kappa shape index (κ2) is 65.6. The van der Waals surface area contributed by atoms with E-state index in [0.717, 1.165) is 128 Å². The average Bonchev–Trinajstić information content (AvgIpc) is 3.44. The Labute approximate surface area is 482 Å². The van der Waals surface area contributed by atoms with Crippen molar-refractivity contribution in [3.8, 4) is 0 Å². The summed E-state index contributed by atoms with van der Waals surface area (Å²) in [6, 6.07) is 0. The summed E-state index contributed by atoms with van der Waals surface area (Å²) in [4.78, 5) is 38.2. The fraction of sp³-hybridized carbons (Fsp3) is 0.708. The quantitative estimate of drug-likeness (QED) is 0.0261. The lowest BCUT2D eigenvalue weighted by molar-refractivity contribution is -0.167. The van der Waals surface area contributed by atoms with Crippen LogP contribution in [0.5, 0.6) is 0 Å². The van der Waals surface area contributed by atoms with Crippen molar-refractivity contribution in [1.82, 2.24) is 0 Å². The van der Waals surface area contributed by atoms with Crippen molar-refractivity contribution in [3.05, 3.63) is 109 Å². The summed E-state index contributed by atoms with van der Waals surface area (Å²) in [5.41, 5.74) is 0. The smallest absolute Gasteiger partial charge is 0.306 e. The highest BCUT2D eigenvalue weighted by atomic mass is 16.6. The molecule has 0 radical (unpaired) electrons. The molecule has 0 aliphatic rings. The third-order valence-corrected chi connectivity index (χ3v) is 14.0. The summed E-state index contributed by atoms with van der Waals surface area (Å²) < 4.78 is 16.9. The van der Waals surface area contributed by atoms with Crippen molar-refractivity contribution >= 4 is 17.9 Å². The average molecular weight is 1080 g/mol. The lowest BCUT2D eigenvalue weighted by Gasteiger charge is -2.18. The maximum atomic E-state index is 12.9. The van der Waals surface area contributed by atoms with Crippen LogP contribution in [0.2, 0.25) is 0 Å². The molecule has 0 aromatic carbocycles. The van der Waals surface area contributed by atoms with Crippen molar-refractivity contribution < 1.29 is 28.6 Å². The van der Waals surface area contributed by atoms with E-state index in [1.165, 1.54) is 141 Å². The van der Waals surface area contributed by atoms with Crippen LogP contribution in [-0.2, 0) is 28.6 Å². The summed E-state index contributed by atoms with van der Waals surface area (Å²) >= 11 is 0. The number of carbonyl (C=O) groups excluding carboxylic acids is 3. The van der Waals surface area contributed by atoms with Crippen LogP contribution in [0.25, 0.3) is 0 Å². The Balaban J connectivity index is 4.13. The number of carbonyl (C=O) groups is 3. The molecule has 0 aliphatic carbocycles. The fourth-order valence-corrected chi connectivity index (χ4v) is 9.10. The number of hydrogen-bond donors (Lipinski definition) is 0. The number of esters is 3. The maximum Gasteiger partial charge on any atom is 0.306 e. The van der Waals surface area contributed by atoms with Gasteiger partial charge in [-0.15, -0.1) is 0 Å². The first-order chi connectivity index (χ1) is 38.5. The molecule has 0 aromatic rings. The summed E-state index contributed by atoms with van der Waals surface area (Å²) in [6.07, 6.45) is 89.7. The number of rotatable bonds is 59. The molecule has 0 bridgehead atoms. The molecule has 0 aromatic heterocycles. The van der Waals surface area contributed by atoms with Gasteiger partial charge in [0.15, 0.2) is 6.10 Å². The first kappa shape index (κ1) is 74.1. The van der Waals surface area contributed by atoms with Crippen LogP contribution in [0.15, 0.2) is 109 Å². The fourth-order valence-electron chi connectivity index (χ4n) is 9.10. The Morgan fingerprint density at radius 3 is 0.808 bits per heavy atom. The summed E-state index contributed by atoms with van der Waals surface area (Å²) in [5.74, 6) is -0.889. The first-order valence-corrected chi connectivity index (χ1v) is 32.9. The molecule has 0 fully saturated rings. The van der Waals surface area contributed by atoms with Gasteiger partial charge in [0.1, 0.15) is 13.2 Å². The minimum Gasteiger partial charge on any atom is -0.462 e. The Hall–Kier alpha value is -3.93. The zero-order valence-corrected chi connectivity index (χ0v) is 51.2. The minimum absolute atomic E-state index is 0.0804. The molecule has 0 saturated heterocycles. The molecule has 0 amide bonds.